The number of hydrogen-bond donors (Lipinski definition) is 0. The molecule has 0 saturated heterocycles. The van der Waals surface area contributed by atoms with Crippen molar-refractivity contribution in [2.24, 2.45) is 0 Å². The van der Waals surface area contributed by atoms with E-state index in [1.807, 2.05) is 18.2 Å². The van der Waals surface area contributed by atoms with Crippen molar-refractivity contribution in [2.75, 3.05) is 7.11 Å². The molecule has 0 aromatic heterocycles. The molecule has 0 aliphatic rings. The van der Waals surface area contributed by atoms with Gasteiger partial charge in [0.05, 0.1) is 13.0 Å². The van der Waals surface area contributed by atoms with Gasteiger partial charge < -0.3 is 9.47 Å². The fourth-order valence-corrected chi connectivity index (χ4v) is 2.42. The van der Waals surface area contributed by atoms with Crippen LogP contribution in [-0.2, 0) is 12.5 Å². The van der Waals surface area contributed by atoms with E-state index in [1.165, 1.54) is 16.7 Å². The monoisotopic (exact) mass is 290 g/mol. The third-order valence-corrected chi connectivity index (χ3v) is 3.72. The Labute approximate surface area is 125 Å². The van der Waals surface area contributed by atoms with Crippen molar-refractivity contribution in [2.45, 2.75) is 26.3 Å². The summed E-state index contributed by atoms with van der Waals surface area (Å²) in [5.74, 6) is 1.85. The van der Waals surface area contributed by atoms with Crippen molar-refractivity contribution >= 4 is 11.6 Å². The molecule has 2 nitrogen and oxygen atoms in total. The van der Waals surface area contributed by atoms with Gasteiger partial charge in [0.15, 0.2) is 11.5 Å². The first-order chi connectivity index (χ1) is 9.67. The van der Waals surface area contributed by atoms with Crippen LogP contribution in [0.25, 0.3) is 0 Å². The Kier molecular flexibility index (Phi) is 4.91. The molecule has 106 valence electrons. The summed E-state index contributed by atoms with van der Waals surface area (Å²) in [6.45, 7) is 4.70. The van der Waals surface area contributed by atoms with Crippen molar-refractivity contribution in [3.05, 3.63) is 58.7 Å². The predicted molar refractivity (Wildman–Crippen MR) is 82.8 cm³/mol. The number of methoxy groups -OCH3 is 1. The minimum Gasteiger partial charge on any atom is -0.493 e. The first-order valence-corrected chi connectivity index (χ1v) is 7.10. The maximum absolute atomic E-state index is 5.99. The van der Waals surface area contributed by atoms with Gasteiger partial charge in [-0.2, -0.15) is 0 Å². The normalized spacial score (nSPS) is 10.4. The molecule has 0 saturated carbocycles. The summed E-state index contributed by atoms with van der Waals surface area (Å²) in [6.07, 6.45) is 0. The van der Waals surface area contributed by atoms with Crippen LogP contribution in [0.2, 0.25) is 0 Å². The van der Waals surface area contributed by atoms with E-state index in [2.05, 4.69) is 32.0 Å². The Morgan fingerprint density at radius 3 is 2.25 bits per heavy atom. The Balaban J connectivity index is 2.27. The summed E-state index contributed by atoms with van der Waals surface area (Å²) >= 11 is 5.97. The molecule has 3 heteroatoms. The summed E-state index contributed by atoms with van der Waals surface area (Å²) in [5.41, 5.74) is 4.61. The van der Waals surface area contributed by atoms with Gasteiger partial charge in [0.2, 0.25) is 0 Å². The Hall–Kier alpha value is -1.67. The van der Waals surface area contributed by atoms with Crippen LogP contribution in [0.4, 0.5) is 0 Å². The average Bonchev–Trinajstić information content (AvgIpc) is 2.46. The molecule has 0 fully saturated rings. The zero-order valence-corrected chi connectivity index (χ0v) is 12.8. The second-order valence-corrected chi connectivity index (χ2v) is 5.01. The molecule has 2 aromatic carbocycles. The van der Waals surface area contributed by atoms with Gasteiger partial charge >= 0.3 is 0 Å². The molecule has 0 bridgehead atoms. The minimum atomic E-state index is 0.402. The van der Waals surface area contributed by atoms with Crippen LogP contribution in [0.5, 0.6) is 11.5 Å². The molecule has 0 heterocycles. The van der Waals surface area contributed by atoms with Crippen LogP contribution in [0.3, 0.4) is 0 Å². The predicted octanol–water partition coefficient (Wildman–Crippen LogP) is 4.63. The number of ether oxygens (including phenoxy) is 2. The van der Waals surface area contributed by atoms with Gasteiger partial charge in [-0.1, -0.05) is 30.3 Å². The molecule has 0 aliphatic carbocycles. The van der Waals surface area contributed by atoms with Gasteiger partial charge in [0, 0.05) is 5.56 Å². The topological polar surface area (TPSA) is 18.5 Å². The first kappa shape index (κ1) is 14.7. The highest BCUT2D eigenvalue weighted by Crippen LogP contribution is 2.33. The van der Waals surface area contributed by atoms with Crippen LogP contribution < -0.4 is 9.47 Å². The molecule has 0 amide bonds. The molecule has 2 aromatic rings. The van der Waals surface area contributed by atoms with Gasteiger partial charge in [-0.25, -0.2) is 0 Å². The first-order valence-electron chi connectivity index (χ1n) is 6.57. The largest absolute Gasteiger partial charge is 0.493 e. The van der Waals surface area contributed by atoms with Crippen molar-refractivity contribution in [3.63, 3.8) is 0 Å². The number of alkyl halides is 1. The second kappa shape index (κ2) is 6.67. The van der Waals surface area contributed by atoms with E-state index in [0.29, 0.717) is 12.5 Å². The van der Waals surface area contributed by atoms with Crippen molar-refractivity contribution in [1.29, 1.82) is 0 Å². The van der Waals surface area contributed by atoms with Crippen LogP contribution >= 0.6 is 11.6 Å². The third-order valence-electron chi connectivity index (χ3n) is 3.43. The highest BCUT2D eigenvalue weighted by atomic mass is 35.5. The summed E-state index contributed by atoms with van der Waals surface area (Å²) in [4.78, 5) is 0. The van der Waals surface area contributed by atoms with Gasteiger partial charge in [0.25, 0.3) is 0 Å². The molecular weight excluding hydrogens is 272 g/mol. The summed E-state index contributed by atoms with van der Waals surface area (Å²) in [5, 5.41) is 0. The molecule has 20 heavy (non-hydrogen) atoms. The lowest BCUT2D eigenvalue weighted by molar-refractivity contribution is 0.281. The third kappa shape index (κ3) is 3.07. The standard InChI is InChI=1S/C17H19ClO2/c1-12-6-4-7-13(2)15(12)11-20-17-14(10-18)8-5-9-16(17)19-3/h4-9H,10-11H2,1-3H3. The smallest absolute Gasteiger partial charge is 0.166 e. The molecular formula is C17H19ClO2. The van der Waals surface area contributed by atoms with E-state index < -0.39 is 0 Å². The second-order valence-electron chi connectivity index (χ2n) is 4.74. The fourth-order valence-electron chi connectivity index (χ4n) is 2.21. The average molecular weight is 291 g/mol. The number of para-hydroxylation sites is 1. The van der Waals surface area contributed by atoms with E-state index in [1.54, 1.807) is 7.11 Å². The quantitative estimate of drug-likeness (QED) is 0.748. The van der Waals surface area contributed by atoms with E-state index in [4.69, 9.17) is 21.1 Å². The van der Waals surface area contributed by atoms with Gasteiger partial charge in [-0.05, 0) is 36.6 Å². The molecule has 0 N–H and O–H groups in total. The van der Waals surface area contributed by atoms with E-state index in [9.17, 15) is 0 Å². The zero-order valence-electron chi connectivity index (χ0n) is 12.1. The van der Waals surface area contributed by atoms with Crippen molar-refractivity contribution in [1.82, 2.24) is 0 Å². The maximum atomic E-state index is 5.99. The van der Waals surface area contributed by atoms with Gasteiger partial charge in [-0.15, -0.1) is 11.6 Å². The molecule has 0 aliphatic heterocycles. The summed E-state index contributed by atoms with van der Waals surface area (Å²) in [6, 6.07) is 12.0. The number of benzene rings is 2. The number of hydrogen-bond acceptors (Lipinski definition) is 2. The number of aryl methyl sites for hydroxylation is 2. The zero-order chi connectivity index (χ0) is 14.5. The van der Waals surface area contributed by atoms with E-state index >= 15 is 0 Å². The Morgan fingerprint density at radius 2 is 1.65 bits per heavy atom. The molecule has 0 spiro atoms. The van der Waals surface area contributed by atoms with Crippen LogP contribution in [0.1, 0.15) is 22.3 Å². The van der Waals surface area contributed by atoms with Crippen LogP contribution in [0.15, 0.2) is 36.4 Å². The van der Waals surface area contributed by atoms with Crippen molar-refractivity contribution in [3.8, 4) is 11.5 Å². The Bertz CT molecular complexity index is 551. The van der Waals surface area contributed by atoms with Crippen molar-refractivity contribution < 1.29 is 9.47 Å². The lowest BCUT2D eigenvalue weighted by Crippen LogP contribution is -2.03. The molecule has 2 rings (SSSR count). The van der Waals surface area contributed by atoms with Gasteiger partial charge in [-0.3, -0.25) is 0 Å². The number of rotatable bonds is 5. The molecule has 0 atom stereocenters. The summed E-state index contributed by atoms with van der Waals surface area (Å²) < 4.78 is 11.3. The SMILES string of the molecule is COc1cccc(CCl)c1OCc1c(C)cccc1C. The minimum absolute atomic E-state index is 0.402. The van der Waals surface area contributed by atoms with Gasteiger partial charge in [0.1, 0.15) is 6.61 Å². The van der Waals surface area contributed by atoms with E-state index in [0.717, 1.165) is 17.1 Å². The lowest BCUT2D eigenvalue weighted by Gasteiger charge is -2.16. The fraction of sp³-hybridized carbons (Fsp3) is 0.294. The van der Waals surface area contributed by atoms with Crippen LogP contribution in [-0.4, -0.2) is 7.11 Å². The Morgan fingerprint density at radius 1 is 1.00 bits per heavy atom. The lowest BCUT2D eigenvalue weighted by atomic mass is 10.0. The molecule has 0 unspecified atom stereocenters. The molecule has 0 radical (unpaired) electrons. The van der Waals surface area contributed by atoms with Crippen LogP contribution in [0, 0.1) is 13.8 Å². The van der Waals surface area contributed by atoms with E-state index in [-0.39, 0.29) is 0 Å². The maximum Gasteiger partial charge on any atom is 0.166 e. The summed E-state index contributed by atoms with van der Waals surface area (Å²) in [7, 11) is 1.64. The highest BCUT2D eigenvalue weighted by molar-refractivity contribution is 6.17. The number of halogens is 1. The highest BCUT2D eigenvalue weighted by Gasteiger charge is 2.11.